The van der Waals surface area contributed by atoms with E-state index < -0.39 is 0 Å². The molecule has 0 aliphatic carbocycles. The van der Waals surface area contributed by atoms with E-state index in [9.17, 15) is 0 Å². The molecule has 0 amide bonds. The maximum Gasteiger partial charge on any atom is 0.231 e. The topological polar surface area (TPSA) is 46.2 Å². The molecule has 0 radical (unpaired) electrons. The molecule has 4 aromatic carbocycles. The Morgan fingerprint density at radius 2 is 1.33 bits per heavy atom. The summed E-state index contributed by atoms with van der Waals surface area (Å²) in [5.41, 5.74) is 4.23. The molecule has 0 unspecified atom stereocenters. The summed E-state index contributed by atoms with van der Waals surface area (Å²) in [7, 11) is 1.64. The molecule has 0 aromatic heterocycles. The number of hydrogen-bond acceptors (Lipinski definition) is 5. The Balaban J connectivity index is 1.38. The number of allylic oxidation sites excluding steroid dienone is 1. The van der Waals surface area contributed by atoms with Crippen molar-refractivity contribution in [3.05, 3.63) is 119 Å². The van der Waals surface area contributed by atoms with Crippen LogP contribution in [0.3, 0.4) is 0 Å². The van der Waals surface area contributed by atoms with E-state index in [1.807, 2.05) is 91.0 Å². The highest BCUT2D eigenvalue weighted by molar-refractivity contribution is 5.64. The predicted octanol–water partition coefficient (Wildman–Crippen LogP) is 6.84. The van der Waals surface area contributed by atoms with E-state index >= 15 is 0 Å². The molecule has 0 spiro atoms. The Labute approximate surface area is 211 Å². The quantitative estimate of drug-likeness (QED) is 0.249. The Bertz CT molecular complexity index is 1320. The highest BCUT2D eigenvalue weighted by Gasteiger charge is 2.14. The van der Waals surface area contributed by atoms with Crippen LogP contribution in [-0.2, 0) is 19.6 Å². The van der Waals surface area contributed by atoms with Gasteiger partial charge >= 0.3 is 0 Å². The molecule has 0 fully saturated rings. The van der Waals surface area contributed by atoms with E-state index in [1.165, 1.54) is 0 Å². The smallest absolute Gasteiger partial charge is 0.231 e. The van der Waals surface area contributed by atoms with Gasteiger partial charge in [0.2, 0.25) is 6.79 Å². The van der Waals surface area contributed by atoms with Crippen LogP contribution in [-0.4, -0.2) is 13.9 Å². The van der Waals surface area contributed by atoms with Crippen molar-refractivity contribution in [2.45, 2.75) is 19.6 Å². The van der Waals surface area contributed by atoms with Gasteiger partial charge in [-0.1, -0.05) is 78.9 Å². The summed E-state index contributed by atoms with van der Waals surface area (Å²) >= 11 is 0. The molecule has 1 aliphatic heterocycles. The Kier molecular flexibility index (Phi) is 7.38. The molecule has 0 saturated carbocycles. The van der Waals surface area contributed by atoms with Gasteiger partial charge in [-0.05, 0) is 41.3 Å². The van der Waals surface area contributed by atoms with E-state index in [0.717, 1.165) is 45.9 Å². The summed E-state index contributed by atoms with van der Waals surface area (Å²) in [6, 6.07) is 30.0. The van der Waals surface area contributed by atoms with Crippen molar-refractivity contribution < 1.29 is 23.7 Å². The molecule has 1 aliphatic rings. The maximum absolute atomic E-state index is 6.22. The molecule has 0 N–H and O–H groups in total. The third kappa shape index (κ3) is 5.81. The summed E-state index contributed by atoms with van der Waals surface area (Å²) in [5.74, 6) is 3.59. The van der Waals surface area contributed by atoms with E-state index in [4.69, 9.17) is 23.7 Å². The van der Waals surface area contributed by atoms with Crippen LogP contribution in [0.1, 0.15) is 22.3 Å². The van der Waals surface area contributed by atoms with Gasteiger partial charge in [0.05, 0.1) is 7.11 Å². The average Bonchev–Trinajstić information content (AvgIpc) is 3.40. The Morgan fingerprint density at radius 1 is 0.667 bits per heavy atom. The first-order valence-electron chi connectivity index (χ1n) is 11.9. The molecule has 5 heteroatoms. The molecule has 0 saturated heterocycles. The van der Waals surface area contributed by atoms with E-state index in [0.29, 0.717) is 24.7 Å². The van der Waals surface area contributed by atoms with Crippen LogP contribution < -0.4 is 23.7 Å². The molecule has 36 heavy (non-hydrogen) atoms. The Hall–Kier alpha value is -4.38. The highest BCUT2D eigenvalue weighted by atomic mass is 16.7. The van der Waals surface area contributed by atoms with Gasteiger partial charge in [0.1, 0.15) is 19.0 Å². The minimum absolute atomic E-state index is 0.272. The lowest BCUT2D eigenvalue weighted by Gasteiger charge is -2.16. The number of ether oxygens (including phenoxy) is 5. The third-order valence-electron chi connectivity index (χ3n) is 5.86. The maximum atomic E-state index is 6.22. The first-order valence-corrected chi connectivity index (χ1v) is 11.9. The predicted molar refractivity (Wildman–Crippen MR) is 140 cm³/mol. The van der Waals surface area contributed by atoms with Crippen LogP contribution in [0.25, 0.3) is 6.08 Å². The normalized spacial score (nSPS) is 12.0. The van der Waals surface area contributed by atoms with Crippen LogP contribution >= 0.6 is 0 Å². The van der Waals surface area contributed by atoms with E-state index in [2.05, 4.69) is 12.2 Å². The van der Waals surface area contributed by atoms with Crippen molar-refractivity contribution in [2.75, 3.05) is 13.9 Å². The molecule has 0 bridgehead atoms. The van der Waals surface area contributed by atoms with Crippen molar-refractivity contribution in [3.63, 3.8) is 0 Å². The van der Waals surface area contributed by atoms with Crippen molar-refractivity contribution >= 4 is 6.08 Å². The second kappa shape index (κ2) is 11.4. The third-order valence-corrected chi connectivity index (χ3v) is 5.86. The van der Waals surface area contributed by atoms with Gasteiger partial charge in [0.15, 0.2) is 23.0 Å². The molecular formula is C31H28O5. The number of benzene rings is 4. The van der Waals surface area contributed by atoms with Crippen LogP contribution in [0, 0.1) is 0 Å². The second-order valence-corrected chi connectivity index (χ2v) is 8.38. The fraction of sp³-hybridized carbons (Fsp3) is 0.161. The molecular weight excluding hydrogens is 452 g/mol. The summed E-state index contributed by atoms with van der Waals surface area (Å²) < 4.78 is 28.9. The van der Waals surface area contributed by atoms with E-state index in [1.54, 1.807) is 7.11 Å². The van der Waals surface area contributed by atoms with Gasteiger partial charge in [-0.2, -0.15) is 0 Å². The number of hydrogen-bond donors (Lipinski definition) is 0. The van der Waals surface area contributed by atoms with Crippen LogP contribution in [0.4, 0.5) is 0 Å². The number of fused-ring (bicyclic) bond motifs is 1. The van der Waals surface area contributed by atoms with Crippen LogP contribution in [0.15, 0.2) is 97.1 Å². The summed E-state index contributed by atoms with van der Waals surface area (Å²) in [5, 5.41) is 0. The van der Waals surface area contributed by atoms with Crippen molar-refractivity contribution in [2.24, 2.45) is 0 Å². The standard InChI is InChI=1S/C31H28O5/c1-32-29-19-28(33-20-24-9-4-2-5-10-24)26(18-31(29)34-21-25-11-6-3-7-12-25)14-8-13-23-15-16-27-30(17-23)36-22-35-27/h2-12,14-19H,13,20-22H2,1H3. The molecule has 5 rings (SSSR count). The van der Waals surface area contributed by atoms with Gasteiger partial charge in [-0.25, -0.2) is 0 Å². The van der Waals surface area contributed by atoms with Gasteiger partial charge in [0.25, 0.3) is 0 Å². The van der Waals surface area contributed by atoms with Crippen LogP contribution in [0.2, 0.25) is 0 Å². The first-order chi connectivity index (χ1) is 17.8. The lowest BCUT2D eigenvalue weighted by atomic mass is 10.1. The van der Waals surface area contributed by atoms with Gasteiger partial charge in [0, 0.05) is 11.6 Å². The molecule has 5 nitrogen and oxygen atoms in total. The minimum Gasteiger partial charge on any atom is -0.493 e. The summed E-state index contributed by atoms with van der Waals surface area (Å²) in [6.07, 6.45) is 4.90. The number of methoxy groups -OCH3 is 1. The lowest BCUT2D eigenvalue weighted by Crippen LogP contribution is -2.01. The zero-order valence-corrected chi connectivity index (χ0v) is 20.2. The van der Waals surface area contributed by atoms with Crippen molar-refractivity contribution in [3.8, 4) is 28.7 Å². The first kappa shape index (κ1) is 23.4. The zero-order valence-electron chi connectivity index (χ0n) is 20.2. The molecule has 1 heterocycles. The second-order valence-electron chi connectivity index (χ2n) is 8.38. The monoisotopic (exact) mass is 480 g/mol. The van der Waals surface area contributed by atoms with Gasteiger partial charge < -0.3 is 23.7 Å². The van der Waals surface area contributed by atoms with Crippen molar-refractivity contribution in [1.29, 1.82) is 0 Å². The molecule has 4 aromatic rings. The average molecular weight is 481 g/mol. The molecule has 0 atom stereocenters. The SMILES string of the molecule is COc1cc(OCc2ccccc2)c(C=CCc2ccc3c(c2)OCO3)cc1OCc1ccccc1. The zero-order chi connectivity index (χ0) is 24.6. The largest absolute Gasteiger partial charge is 0.493 e. The fourth-order valence-corrected chi connectivity index (χ4v) is 3.95. The van der Waals surface area contributed by atoms with E-state index in [-0.39, 0.29) is 6.79 Å². The fourth-order valence-electron chi connectivity index (χ4n) is 3.95. The minimum atomic E-state index is 0.272. The number of rotatable bonds is 10. The Morgan fingerprint density at radius 3 is 2.03 bits per heavy atom. The van der Waals surface area contributed by atoms with Crippen molar-refractivity contribution in [1.82, 2.24) is 0 Å². The highest BCUT2D eigenvalue weighted by Crippen LogP contribution is 2.37. The van der Waals surface area contributed by atoms with Gasteiger partial charge in [-0.3, -0.25) is 0 Å². The summed E-state index contributed by atoms with van der Waals surface area (Å²) in [4.78, 5) is 0. The lowest BCUT2D eigenvalue weighted by molar-refractivity contribution is 0.174. The van der Waals surface area contributed by atoms with Gasteiger partial charge in [-0.15, -0.1) is 0 Å². The molecule has 182 valence electrons. The van der Waals surface area contributed by atoms with Crippen LogP contribution in [0.5, 0.6) is 28.7 Å². The summed E-state index contributed by atoms with van der Waals surface area (Å²) in [6.45, 7) is 1.17.